The average molecular weight is 457 g/mol. The predicted octanol–water partition coefficient (Wildman–Crippen LogP) is 5.56. The normalized spacial score (nSPS) is 11.7. The number of Topliss-reactive ketones (excluding diaryl/α,β-unsaturated/α-hetero) is 1. The van der Waals surface area contributed by atoms with Crippen molar-refractivity contribution in [3.8, 4) is 5.69 Å². The SMILES string of the molecule is CC(=O)Nc1cccc(-n2cnnc2S[C@H](C(=O)c2ccc(C)cc2)c2ccc(C)cc2)c1. The highest BCUT2D eigenvalue weighted by Gasteiger charge is 2.26. The fourth-order valence-electron chi connectivity index (χ4n) is 3.41. The van der Waals surface area contributed by atoms with Gasteiger partial charge >= 0.3 is 0 Å². The first-order valence-corrected chi connectivity index (χ1v) is 11.4. The van der Waals surface area contributed by atoms with E-state index in [0.717, 1.165) is 22.4 Å². The van der Waals surface area contributed by atoms with Crippen LogP contribution in [0.3, 0.4) is 0 Å². The molecule has 0 spiro atoms. The second-order valence-electron chi connectivity index (χ2n) is 7.85. The first-order valence-electron chi connectivity index (χ1n) is 10.5. The van der Waals surface area contributed by atoms with E-state index in [1.54, 1.807) is 6.33 Å². The third kappa shape index (κ3) is 5.38. The van der Waals surface area contributed by atoms with Gasteiger partial charge < -0.3 is 5.32 Å². The number of nitrogens with one attached hydrogen (secondary N) is 1. The number of aromatic nitrogens is 3. The van der Waals surface area contributed by atoms with E-state index in [9.17, 15) is 9.59 Å². The zero-order chi connectivity index (χ0) is 23.4. The van der Waals surface area contributed by atoms with Crippen molar-refractivity contribution in [2.75, 3.05) is 5.32 Å². The van der Waals surface area contributed by atoms with Gasteiger partial charge in [-0.05, 0) is 37.6 Å². The molecule has 1 heterocycles. The van der Waals surface area contributed by atoms with Crippen molar-refractivity contribution >= 4 is 29.1 Å². The molecular formula is C26H24N4O2S. The summed E-state index contributed by atoms with van der Waals surface area (Å²) < 4.78 is 1.82. The van der Waals surface area contributed by atoms with E-state index in [4.69, 9.17) is 0 Å². The Morgan fingerprint density at radius 3 is 2.27 bits per heavy atom. The van der Waals surface area contributed by atoms with Gasteiger partial charge in [0, 0.05) is 18.2 Å². The molecule has 3 aromatic carbocycles. The Morgan fingerprint density at radius 1 is 0.939 bits per heavy atom. The lowest BCUT2D eigenvalue weighted by Crippen LogP contribution is -2.11. The molecule has 166 valence electrons. The van der Waals surface area contributed by atoms with Crippen LogP contribution >= 0.6 is 11.8 Å². The van der Waals surface area contributed by atoms with Gasteiger partial charge in [0.1, 0.15) is 11.6 Å². The Hall–Kier alpha value is -3.71. The van der Waals surface area contributed by atoms with E-state index in [0.29, 0.717) is 16.4 Å². The molecule has 1 aromatic heterocycles. The number of thioether (sulfide) groups is 1. The van der Waals surface area contributed by atoms with Crippen LogP contribution in [0.4, 0.5) is 5.69 Å². The Kier molecular flexibility index (Phi) is 6.70. The lowest BCUT2D eigenvalue weighted by atomic mass is 10.0. The van der Waals surface area contributed by atoms with Crippen molar-refractivity contribution in [1.82, 2.24) is 14.8 Å². The maximum Gasteiger partial charge on any atom is 0.221 e. The van der Waals surface area contributed by atoms with Crippen molar-refractivity contribution in [3.05, 3.63) is 101 Å². The van der Waals surface area contributed by atoms with Crippen LogP contribution in [0.15, 0.2) is 84.3 Å². The van der Waals surface area contributed by atoms with Crippen LogP contribution in [0.2, 0.25) is 0 Å². The number of aryl methyl sites for hydroxylation is 2. The van der Waals surface area contributed by atoms with E-state index in [-0.39, 0.29) is 11.7 Å². The molecule has 7 heteroatoms. The summed E-state index contributed by atoms with van der Waals surface area (Å²) in [5, 5.41) is 11.3. The number of ketones is 1. The number of nitrogens with zero attached hydrogens (tertiary/aromatic N) is 3. The van der Waals surface area contributed by atoms with E-state index in [2.05, 4.69) is 15.5 Å². The van der Waals surface area contributed by atoms with Crippen LogP contribution in [0.5, 0.6) is 0 Å². The number of anilines is 1. The number of carbonyl (C=O) groups excluding carboxylic acids is 2. The molecule has 1 atom stereocenters. The summed E-state index contributed by atoms with van der Waals surface area (Å²) in [6.45, 7) is 5.49. The third-order valence-corrected chi connectivity index (χ3v) is 6.35. The summed E-state index contributed by atoms with van der Waals surface area (Å²) in [6, 6.07) is 23.0. The number of hydrogen-bond acceptors (Lipinski definition) is 5. The molecule has 0 fully saturated rings. The molecule has 1 N–H and O–H groups in total. The van der Waals surface area contributed by atoms with Gasteiger partial charge in [-0.15, -0.1) is 10.2 Å². The molecule has 0 unspecified atom stereocenters. The number of rotatable bonds is 7. The lowest BCUT2D eigenvalue weighted by molar-refractivity contribution is -0.114. The fourth-order valence-corrected chi connectivity index (χ4v) is 4.51. The largest absolute Gasteiger partial charge is 0.326 e. The second-order valence-corrected chi connectivity index (χ2v) is 8.93. The number of amides is 1. The summed E-state index contributed by atoms with van der Waals surface area (Å²) in [5.41, 5.74) is 5.25. The summed E-state index contributed by atoms with van der Waals surface area (Å²) in [7, 11) is 0. The average Bonchev–Trinajstić information content (AvgIpc) is 3.26. The summed E-state index contributed by atoms with van der Waals surface area (Å²) >= 11 is 1.36. The van der Waals surface area contributed by atoms with Crippen molar-refractivity contribution < 1.29 is 9.59 Å². The van der Waals surface area contributed by atoms with Gasteiger partial charge in [-0.1, -0.05) is 77.5 Å². The Balaban J connectivity index is 1.70. The van der Waals surface area contributed by atoms with Crippen LogP contribution in [-0.2, 0) is 4.79 Å². The van der Waals surface area contributed by atoms with Crippen molar-refractivity contribution in [2.45, 2.75) is 31.2 Å². The molecule has 4 rings (SSSR count). The first kappa shape index (κ1) is 22.5. The van der Waals surface area contributed by atoms with Crippen LogP contribution in [-0.4, -0.2) is 26.5 Å². The quantitative estimate of drug-likeness (QED) is 0.291. The Morgan fingerprint density at radius 2 is 1.61 bits per heavy atom. The number of hydrogen-bond donors (Lipinski definition) is 1. The highest BCUT2D eigenvalue weighted by molar-refractivity contribution is 8.00. The van der Waals surface area contributed by atoms with Crippen LogP contribution in [0.25, 0.3) is 5.69 Å². The minimum absolute atomic E-state index is 0.00500. The summed E-state index contributed by atoms with van der Waals surface area (Å²) in [6.07, 6.45) is 1.61. The van der Waals surface area contributed by atoms with Crippen LogP contribution < -0.4 is 5.32 Å². The molecule has 0 radical (unpaired) electrons. The van der Waals surface area contributed by atoms with Gasteiger partial charge in [0.15, 0.2) is 10.9 Å². The maximum atomic E-state index is 13.6. The molecule has 6 nitrogen and oxygen atoms in total. The van der Waals surface area contributed by atoms with Gasteiger partial charge in [-0.3, -0.25) is 14.2 Å². The standard InChI is InChI=1S/C26H24N4O2S/c1-17-7-11-20(12-8-17)24(32)25(21-13-9-18(2)10-14-21)33-26-29-27-16-30(26)23-6-4-5-22(15-23)28-19(3)31/h4-16,25H,1-3H3,(H,28,31)/t25-/m0/s1. The van der Waals surface area contributed by atoms with Gasteiger partial charge in [0.05, 0.1) is 5.69 Å². The predicted molar refractivity (Wildman–Crippen MR) is 131 cm³/mol. The van der Waals surface area contributed by atoms with E-state index in [1.807, 2.05) is 91.2 Å². The molecule has 0 aliphatic carbocycles. The zero-order valence-electron chi connectivity index (χ0n) is 18.6. The van der Waals surface area contributed by atoms with Gasteiger partial charge in [0.2, 0.25) is 5.91 Å². The van der Waals surface area contributed by atoms with Gasteiger partial charge in [-0.2, -0.15) is 0 Å². The van der Waals surface area contributed by atoms with E-state index < -0.39 is 5.25 Å². The Labute approximate surface area is 197 Å². The van der Waals surface area contributed by atoms with Gasteiger partial charge in [-0.25, -0.2) is 0 Å². The van der Waals surface area contributed by atoms with Crippen molar-refractivity contribution in [1.29, 1.82) is 0 Å². The molecule has 0 aliphatic heterocycles. The number of benzene rings is 3. The monoisotopic (exact) mass is 456 g/mol. The minimum Gasteiger partial charge on any atom is -0.326 e. The molecule has 1 amide bonds. The van der Waals surface area contributed by atoms with Crippen LogP contribution in [0.1, 0.15) is 39.2 Å². The highest BCUT2D eigenvalue weighted by atomic mass is 32.2. The first-order chi connectivity index (χ1) is 15.9. The molecule has 0 bridgehead atoms. The molecule has 0 aliphatic rings. The van der Waals surface area contributed by atoms with Gasteiger partial charge in [0.25, 0.3) is 0 Å². The van der Waals surface area contributed by atoms with E-state index in [1.165, 1.54) is 18.7 Å². The zero-order valence-corrected chi connectivity index (χ0v) is 19.5. The minimum atomic E-state index is -0.491. The molecule has 33 heavy (non-hydrogen) atoms. The smallest absolute Gasteiger partial charge is 0.221 e. The maximum absolute atomic E-state index is 13.6. The molecule has 4 aromatic rings. The van der Waals surface area contributed by atoms with E-state index >= 15 is 0 Å². The summed E-state index contributed by atoms with van der Waals surface area (Å²) in [5.74, 6) is -0.140. The van der Waals surface area contributed by atoms with Crippen molar-refractivity contribution in [2.24, 2.45) is 0 Å². The fraction of sp³-hybridized carbons (Fsp3) is 0.154. The lowest BCUT2D eigenvalue weighted by Gasteiger charge is -2.17. The second kappa shape index (κ2) is 9.83. The number of carbonyl (C=O) groups is 2. The molecule has 0 saturated carbocycles. The molecule has 0 saturated heterocycles. The highest BCUT2D eigenvalue weighted by Crippen LogP contribution is 2.38. The third-order valence-electron chi connectivity index (χ3n) is 5.14. The van der Waals surface area contributed by atoms with Crippen molar-refractivity contribution in [3.63, 3.8) is 0 Å². The van der Waals surface area contributed by atoms with Crippen LogP contribution in [0, 0.1) is 13.8 Å². The topological polar surface area (TPSA) is 76.9 Å². The molecular weight excluding hydrogens is 432 g/mol. The summed E-state index contributed by atoms with van der Waals surface area (Å²) in [4.78, 5) is 25.0. The Bertz CT molecular complexity index is 1280.